The van der Waals surface area contributed by atoms with Gasteiger partial charge >= 0.3 is 0 Å². The molecule has 4 N–H and O–H groups in total. The van der Waals surface area contributed by atoms with Crippen molar-refractivity contribution in [1.82, 2.24) is 5.32 Å². The molecule has 1 amide bonds. The number of nitrogens with two attached hydrogens (primary N) is 1. The Bertz CT molecular complexity index is 478. The number of carbonyl (C=O) groups is 1. The number of rotatable bonds is 5. The van der Waals surface area contributed by atoms with Crippen LogP contribution in [0.2, 0.25) is 0 Å². The number of nitrogens with one attached hydrogen (secondary N) is 2. The minimum absolute atomic E-state index is 0.0749. The van der Waals surface area contributed by atoms with E-state index in [0.717, 1.165) is 10.9 Å². The highest BCUT2D eigenvalue weighted by atomic mass is 32.2. The highest BCUT2D eigenvalue weighted by Crippen LogP contribution is 2.31. The van der Waals surface area contributed by atoms with Gasteiger partial charge in [-0.05, 0) is 50.6 Å². The average Bonchev–Trinajstić information content (AvgIpc) is 2.89. The summed E-state index contributed by atoms with van der Waals surface area (Å²) in [5.74, 6) is -0.0749. The van der Waals surface area contributed by atoms with Gasteiger partial charge in [0.2, 0.25) is 0 Å². The number of hydrogen-bond acceptors (Lipinski definition) is 4. The van der Waals surface area contributed by atoms with E-state index in [0.29, 0.717) is 23.8 Å². The van der Waals surface area contributed by atoms with Crippen molar-refractivity contribution in [3.05, 3.63) is 23.8 Å². The SMILES string of the molecule is CCNC(=O)c1ccc(NC2CCC(SC)C2)c(N)c1. The highest BCUT2D eigenvalue weighted by molar-refractivity contribution is 7.99. The summed E-state index contributed by atoms with van der Waals surface area (Å²) in [5.41, 5.74) is 8.24. The summed E-state index contributed by atoms with van der Waals surface area (Å²) in [4.78, 5) is 11.7. The van der Waals surface area contributed by atoms with E-state index in [4.69, 9.17) is 5.73 Å². The van der Waals surface area contributed by atoms with Gasteiger partial charge in [-0.25, -0.2) is 0 Å². The average molecular weight is 293 g/mol. The largest absolute Gasteiger partial charge is 0.397 e. The fraction of sp³-hybridized carbons (Fsp3) is 0.533. The van der Waals surface area contributed by atoms with Crippen LogP contribution in [0, 0.1) is 0 Å². The molecule has 0 spiro atoms. The van der Waals surface area contributed by atoms with Crippen LogP contribution in [0.1, 0.15) is 36.5 Å². The molecule has 0 radical (unpaired) electrons. The zero-order chi connectivity index (χ0) is 14.5. The summed E-state index contributed by atoms with van der Waals surface area (Å²) in [6.45, 7) is 2.52. The second kappa shape index (κ2) is 6.88. The molecule has 4 nitrogen and oxygen atoms in total. The van der Waals surface area contributed by atoms with E-state index < -0.39 is 0 Å². The van der Waals surface area contributed by atoms with Crippen LogP contribution in [-0.2, 0) is 0 Å². The maximum Gasteiger partial charge on any atom is 0.251 e. The molecule has 5 heteroatoms. The van der Waals surface area contributed by atoms with Gasteiger partial charge < -0.3 is 16.4 Å². The van der Waals surface area contributed by atoms with E-state index in [1.165, 1.54) is 19.3 Å². The maximum atomic E-state index is 11.7. The van der Waals surface area contributed by atoms with E-state index in [9.17, 15) is 4.79 Å². The van der Waals surface area contributed by atoms with Gasteiger partial charge in [0, 0.05) is 23.4 Å². The molecular weight excluding hydrogens is 270 g/mol. The lowest BCUT2D eigenvalue weighted by Gasteiger charge is -2.16. The van der Waals surface area contributed by atoms with Crippen molar-refractivity contribution in [2.45, 2.75) is 37.5 Å². The zero-order valence-corrected chi connectivity index (χ0v) is 12.9. The van der Waals surface area contributed by atoms with Gasteiger partial charge in [0.1, 0.15) is 0 Å². The van der Waals surface area contributed by atoms with Crippen molar-refractivity contribution in [3.8, 4) is 0 Å². The first-order valence-electron chi connectivity index (χ1n) is 7.11. The van der Waals surface area contributed by atoms with E-state index in [1.807, 2.05) is 30.8 Å². The molecule has 0 aliphatic heterocycles. The molecule has 2 unspecified atom stereocenters. The first-order valence-corrected chi connectivity index (χ1v) is 8.40. The quantitative estimate of drug-likeness (QED) is 0.730. The summed E-state index contributed by atoms with van der Waals surface area (Å²) in [6, 6.07) is 5.97. The Morgan fingerprint density at radius 3 is 2.85 bits per heavy atom. The van der Waals surface area contributed by atoms with E-state index >= 15 is 0 Å². The van der Waals surface area contributed by atoms with Crippen LogP contribution in [0.25, 0.3) is 0 Å². The molecule has 1 aliphatic carbocycles. The van der Waals surface area contributed by atoms with Crippen molar-refractivity contribution in [3.63, 3.8) is 0 Å². The summed E-state index contributed by atoms with van der Waals surface area (Å²) in [7, 11) is 0. The summed E-state index contributed by atoms with van der Waals surface area (Å²) in [6.07, 6.45) is 5.79. The molecule has 1 aliphatic rings. The second-order valence-corrected chi connectivity index (χ2v) is 6.31. The van der Waals surface area contributed by atoms with Gasteiger partial charge in [-0.3, -0.25) is 4.79 Å². The third kappa shape index (κ3) is 3.60. The Balaban J connectivity index is 2.01. The molecule has 1 aromatic rings. The molecule has 0 heterocycles. The van der Waals surface area contributed by atoms with Gasteiger partial charge in [0.25, 0.3) is 5.91 Å². The molecule has 2 rings (SSSR count). The Morgan fingerprint density at radius 1 is 1.45 bits per heavy atom. The number of anilines is 2. The lowest BCUT2D eigenvalue weighted by molar-refractivity contribution is 0.0956. The van der Waals surface area contributed by atoms with Crippen LogP contribution in [0.4, 0.5) is 11.4 Å². The molecule has 2 atom stereocenters. The van der Waals surface area contributed by atoms with Crippen LogP contribution in [0.3, 0.4) is 0 Å². The van der Waals surface area contributed by atoms with E-state index in [1.54, 1.807) is 6.07 Å². The van der Waals surface area contributed by atoms with Crippen molar-refractivity contribution >= 4 is 29.0 Å². The molecule has 1 aromatic carbocycles. The Morgan fingerprint density at radius 2 is 2.25 bits per heavy atom. The number of nitrogen functional groups attached to an aromatic ring is 1. The van der Waals surface area contributed by atoms with Crippen LogP contribution in [0.5, 0.6) is 0 Å². The van der Waals surface area contributed by atoms with Crippen LogP contribution >= 0.6 is 11.8 Å². The van der Waals surface area contributed by atoms with Crippen LogP contribution in [-0.4, -0.2) is 30.0 Å². The smallest absolute Gasteiger partial charge is 0.251 e. The number of thioether (sulfide) groups is 1. The molecule has 0 saturated heterocycles. The van der Waals surface area contributed by atoms with Gasteiger partial charge in [0.15, 0.2) is 0 Å². The summed E-state index contributed by atoms with van der Waals surface area (Å²) >= 11 is 1.94. The fourth-order valence-electron chi connectivity index (χ4n) is 2.60. The van der Waals surface area contributed by atoms with Crippen molar-refractivity contribution < 1.29 is 4.79 Å². The van der Waals surface area contributed by atoms with Gasteiger partial charge in [0.05, 0.1) is 11.4 Å². The molecule has 20 heavy (non-hydrogen) atoms. The third-order valence-electron chi connectivity index (χ3n) is 3.73. The first-order chi connectivity index (χ1) is 9.63. The van der Waals surface area contributed by atoms with E-state index in [-0.39, 0.29) is 5.91 Å². The maximum absolute atomic E-state index is 11.7. The monoisotopic (exact) mass is 293 g/mol. The minimum Gasteiger partial charge on any atom is -0.397 e. The molecule has 1 fully saturated rings. The van der Waals surface area contributed by atoms with Crippen molar-refractivity contribution in [1.29, 1.82) is 0 Å². The number of carbonyl (C=O) groups excluding carboxylic acids is 1. The highest BCUT2D eigenvalue weighted by Gasteiger charge is 2.24. The molecule has 0 aromatic heterocycles. The fourth-order valence-corrected chi connectivity index (χ4v) is 3.40. The molecule has 1 saturated carbocycles. The molecule has 110 valence electrons. The van der Waals surface area contributed by atoms with Crippen LogP contribution in [0.15, 0.2) is 18.2 Å². The lowest BCUT2D eigenvalue weighted by atomic mass is 10.1. The zero-order valence-electron chi connectivity index (χ0n) is 12.1. The topological polar surface area (TPSA) is 67.2 Å². The Hall–Kier alpha value is -1.36. The van der Waals surface area contributed by atoms with Gasteiger partial charge in [-0.15, -0.1) is 0 Å². The Labute approximate surface area is 124 Å². The van der Waals surface area contributed by atoms with Crippen LogP contribution < -0.4 is 16.4 Å². The van der Waals surface area contributed by atoms with Gasteiger partial charge in [-0.2, -0.15) is 11.8 Å². The lowest BCUT2D eigenvalue weighted by Crippen LogP contribution is -2.23. The standard InChI is InChI=1S/C15H23N3OS/c1-3-17-15(19)10-4-7-14(13(16)8-10)18-11-5-6-12(9-11)20-2/h4,7-8,11-12,18H,3,5-6,9,16H2,1-2H3,(H,17,19). The summed E-state index contributed by atoms with van der Waals surface area (Å²) in [5, 5.41) is 7.03. The number of hydrogen-bond donors (Lipinski definition) is 3. The third-order valence-corrected chi connectivity index (χ3v) is 4.82. The second-order valence-electron chi connectivity index (χ2n) is 5.17. The Kier molecular flexibility index (Phi) is 5.17. The predicted molar refractivity (Wildman–Crippen MR) is 87.4 cm³/mol. The van der Waals surface area contributed by atoms with Crippen molar-refractivity contribution in [2.24, 2.45) is 0 Å². The number of amides is 1. The van der Waals surface area contributed by atoms with E-state index in [2.05, 4.69) is 16.9 Å². The molecule has 0 bridgehead atoms. The predicted octanol–water partition coefficient (Wildman–Crippen LogP) is 2.71. The normalized spacial score (nSPS) is 21.7. The van der Waals surface area contributed by atoms with Gasteiger partial charge in [-0.1, -0.05) is 0 Å². The summed E-state index contributed by atoms with van der Waals surface area (Å²) < 4.78 is 0. The number of benzene rings is 1. The minimum atomic E-state index is -0.0749. The molecular formula is C15H23N3OS. The first kappa shape index (κ1) is 15.0. The van der Waals surface area contributed by atoms with Crippen molar-refractivity contribution in [2.75, 3.05) is 23.9 Å².